The average Bonchev–Trinajstić information content (AvgIpc) is 3.07. The van der Waals surface area contributed by atoms with E-state index in [1.165, 1.54) is 42.9 Å². The number of hydrogen-bond donors (Lipinski definition) is 0. The van der Waals surface area contributed by atoms with E-state index in [4.69, 9.17) is 9.47 Å². The quantitative estimate of drug-likeness (QED) is 0.364. The molecule has 1 aromatic heterocycles. The highest BCUT2D eigenvalue weighted by Crippen LogP contribution is 2.29. The number of aromatic nitrogens is 1. The van der Waals surface area contributed by atoms with Gasteiger partial charge in [-0.15, -0.1) is 11.3 Å². The van der Waals surface area contributed by atoms with Crippen molar-refractivity contribution in [2.45, 2.75) is 26.6 Å². The van der Waals surface area contributed by atoms with Gasteiger partial charge in [0.05, 0.1) is 36.4 Å². The fourth-order valence-electron chi connectivity index (χ4n) is 3.29. The van der Waals surface area contributed by atoms with Gasteiger partial charge in [-0.3, -0.25) is 14.2 Å². The maximum atomic E-state index is 13.3. The summed E-state index contributed by atoms with van der Waals surface area (Å²) in [4.78, 5) is 37.2. The highest BCUT2D eigenvalue weighted by Gasteiger charge is 2.29. The van der Waals surface area contributed by atoms with Gasteiger partial charge in [0.15, 0.2) is 5.78 Å². The van der Waals surface area contributed by atoms with E-state index < -0.39 is 23.3 Å². The highest BCUT2D eigenvalue weighted by molar-refractivity contribution is 7.07. The maximum absolute atomic E-state index is 13.3. The van der Waals surface area contributed by atoms with Gasteiger partial charge in [-0.2, -0.15) is 13.2 Å². The minimum atomic E-state index is -4.47. The highest BCUT2D eigenvalue weighted by atomic mass is 32.1. The zero-order valence-electron chi connectivity index (χ0n) is 19.1. The Morgan fingerprint density at radius 1 is 1.11 bits per heavy atom. The Balaban J connectivity index is 2.16. The third kappa shape index (κ3) is 6.27. The number of nitrogens with zero attached hydrogens (tertiary/aromatic N) is 1. The van der Waals surface area contributed by atoms with Crippen LogP contribution in [0.1, 0.15) is 40.9 Å². The Kier molecular flexibility index (Phi) is 7.96. The lowest BCUT2D eigenvalue weighted by atomic mass is 10.1. The number of alkyl halides is 3. The van der Waals surface area contributed by atoms with Crippen molar-refractivity contribution in [1.29, 1.82) is 0 Å². The summed E-state index contributed by atoms with van der Waals surface area (Å²) in [6.45, 7) is 3.20. The number of carbonyl (C=O) groups excluding carboxylic acids is 2. The van der Waals surface area contributed by atoms with Crippen molar-refractivity contribution in [3.05, 3.63) is 84.3 Å². The molecule has 6 nitrogen and oxygen atoms in total. The van der Waals surface area contributed by atoms with Gasteiger partial charge in [0, 0.05) is 11.1 Å². The third-order valence-corrected chi connectivity index (χ3v) is 6.08. The third-order valence-electron chi connectivity index (χ3n) is 5.02. The summed E-state index contributed by atoms with van der Waals surface area (Å²) in [5, 5.41) is 0. The largest absolute Gasteiger partial charge is 0.496 e. The van der Waals surface area contributed by atoms with Crippen LogP contribution >= 0.6 is 11.3 Å². The predicted octanol–water partition coefficient (Wildman–Crippen LogP) is 3.36. The van der Waals surface area contributed by atoms with E-state index in [0.29, 0.717) is 22.4 Å². The molecule has 184 valence electrons. The van der Waals surface area contributed by atoms with E-state index in [1.54, 1.807) is 25.1 Å². The zero-order valence-corrected chi connectivity index (χ0v) is 20.0. The number of methoxy groups -OCH3 is 1. The SMILES string of the molecule is CCOC(=O)/C=c1\s/c(=C/c2ccc(C(F)(F)F)cc2)c(=O)n1Cc1cc(C(C)=O)ccc1OC. The Morgan fingerprint density at radius 3 is 2.37 bits per heavy atom. The van der Waals surface area contributed by atoms with Gasteiger partial charge in [-0.25, -0.2) is 4.79 Å². The van der Waals surface area contributed by atoms with Crippen LogP contribution in [0.2, 0.25) is 0 Å². The van der Waals surface area contributed by atoms with Gasteiger partial charge < -0.3 is 9.47 Å². The van der Waals surface area contributed by atoms with E-state index in [0.717, 1.165) is 23.5 Å². The molecular formula is C25H22F3NO5S. The molecule has 0 saturated carbocycles. The lowest BCUT2D eigenvalue weighted by Gasteiger charge is -2.10. The van der Waals surface area contributed by atoms with Crippen LogP contribution in [-0.4, -0.2) is 30.0 Å². The molecule has 10 heteroatoms. The van der Waals surface area contributed by atoms with E-state index >= 15 is 0 Å². The van der Waals surface area contributed by atoms with Crippen LogP contribution in [0.4, 0.5) is 13.2 Å². The molecule has 0 unspecified atom stereocenters. The van der Waals surface area contributed by atoms with Gasteiger partial charge in [0.25, 0.3) is 5.56 Å². The van der Waals surface area contributed by atoms with Crippen LogP contribution in [0.5, 0.6) is 5.75 Å². The normalized spacial score (nSPS) is 12.6. The first kappa shape index (κ1) is 26.0. The zero-order chi connectivity index (χ0) is 25.8. The van der Waals surface area contributed by atoms with Crippen LogP contribution in [-0.2, 0) is 22.3 Å². The molecular weight excluding hydrogens is 483 g/mol. The number of thiazole rings is 1. The van der Waals surface area contributed by atoms with Crippen LogP contribution in [0.25, 0.3) is 12.2 Å². The van der Waals surface area contributed by atoms with Crippen LogP contribution in [0.3, 0.4) is 0 Å². The standard InChI is InChI=1S/C25H22F3NO5S/c1-4-34-23(31)13-22-29(14-18-12-17(15(2)30)7-10-20(18)33-3)24(32)21(35-22)11-16-5-8-19(9-6-16)25(26,27)28/h5-13H,4,14H2,1-3H3/b21-11+,22-13-. The average molecular weight is 506 g/mol. The molecule has 0 amide bonds. The van der Waals surface area contributed by atoms with Crippen LogP contribution < -0.4 is 19.5 Å². The van der Waals surface area contributed by atoms with Crippen molar-refractivity contribution < 1.29 is 32.2 Å². The first-order valence-corrected chi connectivity index (χ1v) is 11.3. The summed E-state index contributed by atoms with van der Waals surface area (Å²) in [5.41, 5.74) is 0.103. The topological polar surface area (TPSA) is 74.6 Å². The molecule has 0 N–H and O–H groups in total. The number of benzene rings is 2. The van der Waals surface area contributed by atoms with E-state index in [2.05, 4.69) is 0 Å². The molecule has 0 fully saturated rings. The Bertz CT molecular complexity index is 1420. The molecule has 0 saturated heterocycles. The van der Waals surface area contributed by atoms with Gasteiger partial charge in [0.1, 0.15) is 10.4 Å². The number of rotatable bonds is 7. The summed E-state index contributed by atoms with van der Waals surface area (Å²) >= 11 is 0.997. The summed E-state index contributed by atoms with van der Waals surface area (Å²) in [6, 6.07) is 9.23. The number of carbonyl (C=O) groups is 2. The Hall–Kier alpha value is -3.66. The number of Topliss-reactive ketones (excluding diaryl/α,β-unsaturated/α-hetero) is 1. The first-order valence-electron chi connectivity index (χ1n) is 10.5. The molecule has 0 aliphatic rings. The van der Waals surface area contributed by atoms with E-state index in [9.17, 15) is 27.6 Å². The number of ketones is 1. The van der Waals surface area contributed by atoms with E-state index in [-0.39, 0.29) is 28.1 Å². The molecule has 0 radical (unpaired) electrons. The van der Waals surface area contributed by atoms with Crippen molar-refractivity contribution in [1.82, 2.24) is 4.57 Å². The molecule has 0 aliphatic carbocycles. The fraction of sp³-hybridized carbons (Fsp3) is 0.240. The minimum Gasteiger partial charge on any atom is -0.496 e. The molecule has 0 atom stereocenters. The van der Waals surface area contributed by atoms with Crippen molar-refractivity contribution in [2.24, 2.45) is 0 Å². The van der Waals surface area contributed by atoms with Crippen molar-refractivity contribution >= 4 is 35.2 Å². The predicted molar refractivity (Wildman–Crippen MR) is 126 cm³/mol. The summed E-state index contributed by atoms with van der Waals surface area (Å²) < 4.78 is 50.7. The monoisotopic (exact) mass is 505 g/mol. The number of esters is 1. The maximum Gasteiger partial charge on any atom is 0.416 e. The lowest BCUT2D eigenvalue weighted by molar-refractivity contribution is -0.137. The number of ether oxygens (including phenoxy) is 2. The van der Waals surface area contributed by atoms with Gasteiger partial charge in [0.2, 0.25) is 0 Å². The second-order valence-electron chi connectivity index (χ2n) is 7.44. The van der Waals surface area contributed by atoms with Crippen molar-refractivity contribution in [3.8, 4) is 5.75 Å². The number of halogens is 3. The van der Waals surface area contributed by atoms with E-state index in [1.807, 2.05) is 0 Å². The molecule has 3 rings (SSSR count). The van der Waals surface area contributed by atoms with Gasteiger partial charge in [-0.1, -0.05) is 12.1 Å². The van der Waals surface area contributed by atoms with Crippen molar-refractivity contribution in [3.63, 3.8) is 0 Å². The van der Waals surface area contributed by atoms with Crippen LogP contribution in [0, 0.1) is 0 Å². The van der Waals surface area contributed by atoms with Gasteiger partial charge in [-0.05, 0) is 55.8 Å². The summed E-state index contributed by atoms with van der Waals surface area (Å²) in [7, 11) is 1.46. The molecule has 0 bridgehead atoms. The fourth-order valence-corrected chi connectivity index (χ4v) is 4.32. The Labute approximate surface area is 202 Å². The summed E-state index contributed by atoms with van der Waals surface area (Å²) in [6.07, 6.45) is -1.83. The molecule has 0 aliphatic heterocycles. The minimum absolute atomic E-state index is 0.00822. The molecule has 35 heavy (non-hydrogen) atoms. The molecule has 3 aromatic rings. The summed E-state index contributed by atoms with van der Waals surface area (Å²) in [5.74, 6) is -0.363. The first-order chi connectivity index (χ1) is 16.5. The van der Waals surface area contributed by atoms with Gasteiger partial charge >= 0.3 is 12.1 Å². The lowest BCUT2D eigenvalue weighted by Crippen LogP contribution is -2.32. The van der Waals surface area contributed by atoms with Crippen molar-refractivity contribution in [2.75, 3.05) is 13.7 Å². The number of hydrogen-bond acceptors (Lipinski definition) is 6. The van der Waals surface area contributed by atoms with Crippen LogP contribution in [0.15, 0.2) is 47.3 Å². The smallest absolute Gasteiger partial charge is 0.416 e. The Morgan fingerprint density at radius 2 is 1.80 bits per heavy atom. The second-order valence-corrected chi connectivity index (χ2v) is 8.50. The second kappa shape index (κ2) is 10.7. The molecule has 2 aromatic carbocycles. The molecule has 1 heterocycles. The molecule has 0 spiro atoms.